The van der Waals surface area contributed by atoms with Crippen LogP contribution in [-0.2, 0) is 12.8 Å². The van der Waals surface area contributed by atoms with Gasteiger partial charge < -0.3 is 10.4 Å². The summed E-state index contributed by atoms with van der Waals surface area (Å²) in [5.41, 5.74) is 0.543. The summed E-state index contributed by atoms with van der Waals surface area (Å²) < 4.78 is 15.4. The zero-order valence-electron chi connectivity index (χ0n) is 16.5. The summed E-state index contributed by atoms with van der Waals surface area (Å²) in [5, 5.41) is 13.8. The number of hydrogen-bond acceptors (Lipinski definition) is 3. The standard InChI is InChI=1S/C23H21Cl2FN2O3/c24-18-9-8-16(13-19(18)25)7-4-11-27-22(30)17-10-12-28(23(31)21(17)29)20(26)14-15-5-2-1-3-6-15/h1-3,5-6,8-10,12-13,20,29H,4,7,11,14H2,(H,27,30). The molecule has 1 heterocycles. The first-order valence-corrected chi connectivity index (χ1v) is 10.5. The summed E-state index contributed by atoms with van der Waals surface area (Å²) in [5.74, 6) is -1.38. The van der Waals surface area contributed by atoms with Crippen molar-refractivity contribution >= 4 is 29.1 Å². The molecule has 0 saturated heterocycles. The third-order valence-corrected chi connectivity index (χ3v) is 5.54. The largest absolute Gasteiger partial charge is 0.502 e. The quantitative estimate of drug-likeness (QED) is 0.466. The van der Waals surface area contributed by atoms with E-state index in [2.05, 4.69) is 5.32 Å². The van der Waals surface area contributed by atoms with Gasteiger partial charge in [-0.05, 0) is 42.2 Å². The minimum atomic E-state index is -1.66. The van der Waals surface area contributed by atoms with Crippen molar-refractivity contribution in [1.82, 2.24) is 9.88 Å². The van der Waals surface area contributed by atoms with Gasteiger partial charge in [0.25, 0.3) is 11.5 Å². The highest BCUT2D eigenvalue weighted by molar-refractivity contribution is 6.42. The lowest BCUT2D eigenvalue weighted by Gasteiger charge is -2.14. The summed E-state index contributed by atoms with van der Waals surface area (Å²) in [6.07, 6.45) is 0.767. The van der Waals surface area contributed by atoms with Crippen molar-refractivity contribution in [2.45, 2.75) is 25.6 Å². The number of nitrogens with one attached hydrogen (secondary N) is 1. The van der Waals surface area contributed by atoms with Crippen LogP contribution in [0.3, 0.4) is 0 Å². The minimum absolute atomic E-state index is 0.0273. The van der Waals surface area contributed by atoms with Crippen LogP contribution in [0.5, 0.6) is 5.75 Å². The van der Waals surface area contributed by atoms with Crippen LogP contribution in [0.4, 0.5) is 4.39 Å². The molecule has 0 saturated carbocycles. The Hall–Kier alpha value is -2.83. The van der Waals surface area contributed by atoms with Crippen LogP contribution in [0.15, 0.2) is 65.6 Å². The number of hydrogen-bond donors (Lipinski definition) is 2. The molecule has 3 rings (SSSR count). The van der Waals surface area contributed by atoms with Crippen LogP contribution in [-0.4, -0.2) is 22.1 Å². The van der Waals surface area contributed by atoms with E-state index in [1.807, 2.05) is 12.1 Å². The average molecular weight is 463 g/mol. The van der Waals surface area contributed by atoms with Gasteiger partial charge in [-0.1, -0.05) is 59.6 Å². The van der Waals surface area contributed by atoms with E-state index in [9.17, 15) is 19.1 Å². The fourth-order valence-electron chi connectivity index (χ4n) is 3.13. The fraction of sp³-hybridized carbons (Fsp3) is 0.217. The number of nitrogens with zero attached hydrogens (tertiary/aromatic N) is 1. The van der Waals surface area contributed by atoms with Crippen LogP contribution in [0.1, 0.15) is 34.2 Å². The van der Waals surface area contributed by atoms with Crippen LogP contribution < -0.4 is 10.9 Å². The molecular formula is C23H21Cl2FN2O3. The van der Waals surface area contributed by atoms with Gasteiger partial charge in [-0.15, -0.1) is 0 Å². The molecule has 0 aliphatic heterocycles. The maximum atomic E-state index is 14.6. The molecule has 0 radical (unpaired) electrons. The Kier molecular flexibility index (Phi) is 7.71. The number of pyridine rings is 1. The monoisotopic (exact) mass is 462 g/mol. The van der Waals surface area contributed by atoms with Gasteiger partial charge in [0.2, 0.25) is 0 Å². The van der Waals surface area contributed by atoms with E-state index in [0.717, 1.165) is 10.1 Å². The lowest BCUT2D eigenvalue weighted by atomic mass is 10.1. The van der Waals surface area contributed by atoms with Gasteiger partial charge in [0.15, 0.2) is 12.0 Å². The summed E-state index contributed by atoms with van der Waals surface area (Å²) in [6.45, 7) is 0.321. The molecule has 2 N–H and O–H groups in total. The van der Waals surface area contributed by atoms with Crippen LogP contribution in [0.25, 0.3) is 0 Å². The Bertz CT molecular complexity index is 1120. The van der Waals surface area contributed by atoms with E-state index in [1.165, 1.54) is 12.3 Å². The topological polar surface area (TPSA) is 71.3 Å². The van der Waals surface area contributed by atoms with Gasteiger partial charge in [-0.3, -0.25) is 14.2 Å². The predicted octanol–water partition coefficient (Wildman–Crippen LogP) is 4.93. The molecule has 8 heteroatoms. The summed E-state index contributed by atoms with van der Waals surface area (Å²) in [7, 11) is 0. The van der Waals surface area contributed by atoms with E-state index in [-0.39, 0.29) is 12.0 Å². The first kappa shape index (κ1) is 22.8. The number of aromatic hydroxyl groups is 1. The minimum Gasteiger partial charge on any atom is -0.502 e. The second-order valence-electron chi connectivity index (χ2n) is 7.02. The molecule has 0 aliphatic rings. The molecule has 1 amide bonds. The zero-order valence-corrected chi connectivity index (χ0v) is 18.0. The molecule has 0 fully saturated rings. The lowest BCUT2D eigenvalue weighted by Crippen LogP contribution is -2.29. The van der Waals surface area contributed by atoms with Gasteiger partial charge in [-0.2, -0.15) is 0 Å². The Labute approximate surface area is 189 Å². The average Bonchev–Trinajstić information content (AvgIpc) is 2.76. The van der Waals surface area contributed by atoms with E-state index < -0.39 is 23.5 Å². The molecule has 0 aliphatic carbocycles. The fourth-order valence-corrected chi connectivity index (χ4v) is 3.46. The second-order valence-corrected chi connectivity index (χ2v) is 7.84. The third-order valence-electron chi connectivity index (χ3n) is 4.80. The summed E-state index contributed by atoms with van der Waals surface area (Å²) in [6, 6.07) is 15.4. The molecule has 1 unspecified atom stereocenters. The molecule has 5 nitrogen and oxygen atoms in total. The molecule has 162 valence electrons. The second kappa shape index (κ2) is 10.5. The smallest absolute Gasteiger partial charge is 0.295 e. The van der Waals surface area contributed by atoms with Gasteiger partial charge in [-0.25, -0.2) is 4.39 Å². The Morgan fingerprint density at radius 2 is 1.81 bits per heavy atom. The molecule has 0 bridgehead atoms. The van der Waals surface area contributed by atoms with Gasteiger partial charge >= 0.3 is 0 Å². The number of alkyl halides is 1. The Morgan fingerprint density at radius 3 is 2.52 bits per heavy atom. The van der Waals surface area contributed by atoms with E-state index in [0.29, 0.717) is 35.0 Å². The number of rotatable bonds is 8. The molecule has 31 heavy (non-hydrogen) atoms. The third kappa shape index (κ3) is 5.87. The van der Waals surface area contributed by atoms with Crippen molar-refractivity contribution in [2.75, 3.05) is 6.54 Å². The molecule has 2 aromatic carbocycles. The van der Waals surface area contributed by atoms with Crippen molar-refractivity contribution in [1.29, 1.82) is 0 Å². The number of benzene rings is 2. The van der Waals surface area contributed by atoms with Crippen LogP contribution in [0, 0.1) is 0 Å². The summed E-state index contributed by atoms with van der Waals surface area (Å²) in [4.78, 5) is 24.7. The number of halogens is 3. The van der Waals surface area contributed by atoms with Crippen molar-refractivity contribution < 1.29 is 14.3 Å². The van der Waals surface area contributed by atoms with Crippen molar-refractivity contribution in [2.24, 2.45) is 0 Å². The number of aryl methyl sites for hydroxylation is 1. The summed E-state index contributed by atoms with van der Waals surface area (Å²) >= 11 is 11.9. The number of carbonyl (C=O) groups excluding carboxylic acids is 1. The van der Waals surface area contributed by atoms with Gasteiger partial charge in [0.1, 0.15) is 0 Å². The van der Waals surface area contributed by atoms with E-state index >= 15 is 0 Å². The molecule has 1 aromatic heterocycles. The Morgan fingerprint density at radius 1 is 1.06 bits per heavy atom. The van der Waals surface area contributed by atoms with Crippen molar-refractivity contribution in [3.63, 3.8) is 0 Å². The van der Waals surface area contributed by atoms with E-state index in [1.54, 1.807) is 36.4 Å². The van der Waals surface area contributed by atoms with E-state index in [4.69, 9.17) is 23.2 Å². The lowest BCUT2D eigenvalue weighted by molar-refractivity contribution is 0.0949. The van der Waals surface area contributed by atoms with Gasteiger partial charge in [0, 0.05) is 19.2 Å². The van der Waals surface area contributed by atoms with Crippen molar-refractivity contribution in [3.05, 3.63) is 97.9 Å². The number of aromatic nitrogens is 1. The van der Waals surface area contributed by atoms with Crippen LogP contribution >= 0.6 is 23.2 Å². The number of amides is 1. The maximum Gasteiger partial charge on any atom is 0.295 e. The highest BCUT2D eigenvalue weighted by Gasteiger charge is 2.19. The molecule has 0 spiro atoms. The van der Waals surface area contributed by atoms with Crippen molar-refractivity contribution in [3.8, 4) is 5.75 Å². The zero-order chi connectivity index (χ0) is 22.4. The highest BCUT2D eigenvalue weighted by Crippen LogP contribution is 2.23. The SMILES string of the molecule is O=C(NCCCc1ccc(Cl)c(Cl)c1)c1ccn(C(F)Cc2ccccc2)c(=O)c1O. The normalized spacial score (nSPS) is 11.8. The van der Waals surface area contributed by atoms with Crippen LogP contribution in [0.2, 0.25) is 10.0 Å². The predicted molar refractivity (Wildman–Crippen MR) is 120 cm³/mol. The highest BCUT2D eigenvalue weighted by atomic mass is 35.5. The van der Waals surface area contributed by atoms with Gasteiger partial charge in [0.05, 0.1) is 15.6 Å². The molecule has 3 aromatic rings. The first-order chi connectivity index (χ1) is 14.9. The maximum absolute atomic E-state index is 14.6. The number of carbonyl (C=O) groups is 1. The molecular weight excluding hydrogens is 442 g/mol. The Balaban J connectivity index is 1.59. The molecule has 1 atom stereocenters. The first-order valence-electron chi connectivity index (χ1n) is 9.71.